The molecule has 1 aliphatic heterocycles. The Morgan fingerprint density at radius 2 is 2.24 bits per heavy atom. The first-order chi connectivity index (χ1) is 10.1. The summed E-state index contributed by atoms with van der Waals surface area (Å²) in [6, 6.07) is 6.53. The van der Waals surface area contributed by atoms with E-state index in [2.05, 4.69) is 23.5 Å². The standard InChI is InChI=1S/C17H24N2O2/c1-12(20)16-7-8-19(11-16)17(21)18-10-13-5-6-14-3-2-4-15(14)9-13/h5-6,9,12,16,20H,2-4,7-8,10-11H2,1H3,(H,18,21). The molecule has 1 aliphatic carbocycles. The van der Waals surface area contributed by atoms with Crippen molar-refractivity contribution in [1.29, 1.82) is 0 Å². The Morgan fingerprint density at radius 3 is 3.00 bits per heavy atom. The number of benzene rings is 1. The molecule has 114 valence electrons. The third-order valence-electron chi connectivity index (χ3n) is 4.80. The Morgan fingerprint density at radius 1 is 1.43 bits per heavy atom. The Bertz CT molecular complexity index is 528. The zero-order chi connectivity index (χ0) is 14.8. The molecule has 2 N–H and O–H groups in total. The summed E-state index contributed by atoms with van der Waals surface area (Å²) in [5.74, 6) is 0.218. The van der Waals surface area contributed by atoms with Gasteiger partial charge in [0.25, 0.3) is 0 Å². The summed E-state index contributed by atoms with van der Waals surface area (Å²) in [6.07, 6.45) is 4.17. The van der Waals surface area contributed by atoms with Gasteiger partial charge in [0.15, 0.2) is 0 Å². The summed E-state index contributed by atoms with van der Waals surface area (Å²) >= 11 is 0. The first-order valence-electron chi connectivity index (χ1n) is 7.95. The van der Waals surface area contributed by atoms with Crippen molar-refractivity contribution in [3.8, 4) is 0 Å². The highest BCUT2D eigenvalue weighted by molar-refractivity contribution is 5.74. The van der Waals surface area contributed by atoms with Gasteiger partial charge in [-0.3, -0.25) is 0 Å². The van der Waals surface area contributed by atoms with Crippen LogP contribution in [0.25, 0.3) is 0 Å². The summed E-state index contributed by atoms with van der Waals surface area (Å²) in [5, 5.41) is 12.6. The summed E-state index contributed by atoms with van der Waals surface area (Å²) in [4.78, 5) is 14.0. The number of urea groups is 1. The lowest BCUT2D eigenvalue weighted by atomic mass is 10.0. The van der Waals surface area contributed by atoms with E-state index in [4.69, 9.17) is 0 Å². The van der Waals surface area contributed by atoms with Crippen LogP contribution in [0.1, 0.15) is 36.5 Å². The second kappa shape index (κ2) is 6.06. The van der Waals surface area contributed by atoms with E-state index in [-0.39, 0.29) is 18.1 Å². The molecule has 1 aromatic rings. The molecule has 2 amide bonds. The van der Waals surface area contributed by atoms with E-state index < -0.39 is 0 Å². The molecule has 2 aliphatic rings. The zero-order valence-corrected chi connectivity index (χ0v) is 12.6. The van der Waals surface area contributed by atoms with Crippen molar-refractivity contribution < 1.29 is 9.90 Å². The number of hydrogen-bond donors (Lipinski definition) is 2. The minimum absolute atomic E-state index is 0.0151. The third-order valence-corrected chi connectivity index (χ3v) is 4.80. The van der Waals surface area contributed by atoms with Gasteiger partial charge in [-0.1, -0.05) is 18.2 Å². The molecule has 2 atom stereocenters. The van der Waals surface area contributed by atoms with E-state index in [0.29, 0.717) is 13.1 Å². The van der Waals surface area contributed by atoms with Crippen LogP contribution in [-0.4, -0.2) is 35.2 Å². The maximum Gasteiger partial charge on any atom is 0.317 e. The SMILES string of the molecule is CC(O)C1CCN(C(=O)NCc2ccc3c(c2)CCC3)C1. The molecule has 1 fully saturated rings. The predicted molar refractivity (Wildman–Crippen MR) is 82.1 cm³/mol. The van der Waals surface area contributed by atoms with Crippen molar-refractivity contribution in [1.82, 2.24) is 10.2 Å². The van der Waals surface area contributed by atoms with E-state index in [0.717, 1.165) is 13.0 Å². The Balaban J connectivity index is 1.52. The second-order valence-electron chi connectivity index (χ2n) is 6.35. The van der Waals surface area contributed by atoms with Gasteiger partial charge in [-0.05, 0) is 49.3 Å². The van der Waals surface area contributed by atoms with Crippen molar-refractivity contribution in [2.75, 3.05) is 13.1 Å². The van der Waals surface area contributed by atoms with E-state index in [9.17, 15) is 9.90 Å². The lowest BCUT2D eigenvalue weighted by Gasteiger charge is -2.18. The van der Waals surface area contributed by atoms with Gasteiger partial charge >= 0.3 is 6.03 Å². The summed E-state index contributed by atoms with van der Waals surface area (Å²) in [5.41, 5.74) is 4.08. The van der Waals surface area contributed by atoms with E-state index >= 15 is 0 Å². The lowest BCUT2D eigenvalue weighted by molar-refractivity contribution is 0.129. The molecule has 4 nitrogen and oxygen atoms in total. The van der Waals surface area contributed by atoms with Gasteiger partial charge in [0.05, 0.1) is 6.10 Å². The molecule has 2 unspecified atom stereocenters. The van der Waals surface area contributed by atoms with Gasteiger partial charge in [-0.15, -0.1) is 0 Å². The van der Waals surface area contributed by atoms with Crippen LogP contribution in [0, 0.1) is 5.92 Å². The van der Waals surface area contributed by atoms with Gasteiger partial charge < -0.3 is 15.3 Å². The minimum atomic E-state index is -0.334. The van der Waals surface area contributed by atoms with E-state index in [1.165, 1.54) is 36.0 Å². The Labute approximate surface area is 126 Å². The number of carbonyl (C=O) groups is 1. The summed E-state index contributed by atoms with van der Waals surface area (Å²) in [7, 11) is 0. The molecular formula is C17H24N2O2. The first kappa shape index (κ1) is 14.4. The molecule has 1 heterocycles. The molecule has 0 aromatic heterocycles. The molecule has 1 saturated heterocycles. The Kier molecular flexibility index (Phi) is 4.15. The number of hydrogen-bond acceptors (Lipinski definition) is 2. The normalized spacial score (nSPS) is 22.2. The van der Waals surface area contributed by atoms with Crippen LogP contribution in [0.15, 0.2) is 18.2 Å². The molecular weight excluding hydrogens is 264 g/mol. The molecule has 21 heavy (non-hydrogen) atoms. The maximum absolute atomic E-state index is 12.2. The number of nitrogens with zero attached hydrogens (tertiary/aromatic N) is 1. The van der Waals surface area contributed by atoms with E-state index in [1.54, 1.807) is 6.92 Å². The highest BCUT2D eigenvalue weighted by atomic mass is 16.3. The topological polar surface area (TPSA) is 52.6 Å². The zero-order valence-electron chi connectivity index (χ0n) is 12.6. The largest absolute Gasteiger partial charge is 0.393 e. The number of carbonyl (C=O) groups excluding carboxylic acids is 1. The maximum atomic E-state index is 12.2. The van der Waals surface area contributed by atoms with Crippen LogP contribution in [0.4, 0.5) is 4.79 Å². The average Bonchev–Trinajstić information content (AvgIpc) is 3.12. The van der Waals surface area contributed by atoms with Gasteiger partial charge in [0, 0.05) is 25.6 Å². The number of aliphatic hydroxyl groups excluding tert-OH is 1. The van der Waals surface area contributed by atoms with Crippen LogP contribution in [0.5, 0.6) is 0 Å². The second-order valence-corrected chi connectivity index (χ2v) is 6.35. The molecule has 1 aromatic carbocycles. The van der Waals surface area contributed by atoms with Gasteiger partial charge in [0.2, 0.25) is 0 Å². The molecule has 3 rings (SSSR count). The van der Waals surface area contributed by atoms with E-state index in [1.807, 2.05) is 4.90 Å². The summed E-state index contributed by atoms with van der Waals surface area (Å²) in [6.45, 7) is 3.79. The Hall–Kier alpha value is -1.55. The van der Waals surface area contributed by atoms with Crippen molar-refractivity contribution in [3.05, 3.63) is 34.9 Å². The van der Waals surface area contributed by atoms with Crippen molar-refractivity contribution in [2.45, 2.75) is 45.3 Å². The van der Waals surface area contributed by atoms with Crippen molar-refractivity contribution in [2.24, 2.45) is 5.92 Å². The minimum Gasteiger partial charge on any atom is -0.393 e. The van der Waals surface area contributed by atoms with Gasteiger partial charge in [-0.25, -0.2) is 4.79 Å². The number of nitrogens with one attached hydrogen (secondary N) is 1. The number of fused-ring (bicyclic) bond motifs is 1. The number of aliphatic hydroxyl groups is 1. The molecule has 0 spiro atoms. The molecule has 0 radical (unpaired) electrons. The number of aryl methyl sites for hydroxylation is 2. The number of likely N-dealkylation sites (tertiary alicyclic amines) is 1. The third kappa shape index (κ3) is 3.21. The smallest absolute Gasteiger partial charge is 0.317 e. The van der Waals surface area contributed by atoms with Crippen molar-refractivity contribution >= 4 is 6.03 Å². The molecule has 0 bridgehead atoms. The fourth-order valence-electron chi connectivity index (χ4n) is 3.39. The average molecular weight is 288 g/mol. The lowest BCUT2D eigenvalue weighted by Crippen LogP contribution is -2.38. The first-order valence-corrected chi connectivity index (χ1v) is 7.95. The van der Waals surface area contributed by atoms with Crippen LogP contribution in [-0.2, 0) is 19.4 Å². The molecule has 4 heteroatoms. The van der Waals surface area contributed by atoms with Gasteiger partial charge in [-0.2, -0.15) is 0 Å². The molecule has 0 saturated carbocycles. The monoisotopic (exact) mass is 288 g/mol. The highest BCUT2D eigenvalue weighted by Gasteiger charge is 2.28. The van der Waals surface area contributed by atoms with Crippen LogP contribution in [0.2, 0.25) is 0 Å². The van der Waals surface area contributed by atoms with Crippen LogP contribution >= 0.6 is 0 Å². The predicted octanol–water partition coefficient (Wildman–Crippen LogP) is 2.09. The fourth-order valence-corrected chi connectivity index (χ4v) is 3.39. The van der Waals surface area contributed by atoms with Crippen LogP contribution < -0.4 is 5.32 Å². The quantitative estimate of drug-likeness (QED) is 0.895. The van der Waals surface area contributed by atoms with Crippen molar-refractivity contribution in [3.63, 3.8) is 0 Å². The number of rotatable bonds is 3. The summed E-state index contributed by atoms with van der Waals surface area (Å²) < 4.78 is 0. The van der Waals surface area contributed by atoms with Gasteiger partial charge in [0.1, 0.15) is 0 Å². The fraction of sp³-hybridized carbons (Fsp3) is 0.588. The van der Waals surface area contributed by atoms with Crippen LogP contribution in [0.3, 0.4) is 0 Å². The number of amides is 2. The highest BCUT2D eigenvalue weighted by Crippen LogP contribution is 2.23.